The van der Waals surface area contributed by atoms with Gasteiger partial charge in [0, 0.05) is 44.6 Å². The summed E-state index contributed by atoms with van der Waals surface area (Å²) in [5.74, 6) is 0.801. The van der Waals surface area contributed by atoms with Gasteiger partial charge in [-0.25, -0.2) is 0 Å². The summed E-state index contributed by atoms with van der Waals surface area (Å²) >= 11 is 0. The SMILES string of the molecule is CN1C[C@H]2CN(CCO)C[C@H](C1)C2=O. The molecule has 4 nitrogen and oxygen atoms in total. The van der Waals surface area contributed by atoms with Crippen LogP contribution in [-0.2, 0) is 4.79 Å². The molecule has 4 heteroatoms. The summed E-state index contributed by atoms with van der Waals surface area (Å²) in [4.78, 5) is 16.2. The molecule has 2 heterocycles. The maximum absolute atomic E-state index is 11.8. The number of aliphatic hydroxyl groups is 1. The van der Waals surface area contributed by atoms with E-state index in [1.54, 1.807) is 0 Å². The van der Waals surface area contributed by atoms with Crippen molar-refractivity contribution in [1.29, 1.82) is 0 Å². The Bertz CT molecular complexity index is 214. The van der Waals surface area contributed by atoms with E-state index in [2.05, 4.69) is 16.8 Å². The highest BCUT2D eigenvalue weighted by Crippen LogP contribution is 2.24. The molecule has 2 rings (SSSR count). The molecular formula is C10H18N2O2. The third kappa shape index (κ3) is 1.82. The number of piperidine rings is 2. The minimum absolute atomic E-state index is 0.180. The molecular weight excluding hydrogens is 180 g/mol. The molecule has 2 fully saturated rings. The number of carbonyl (C=O) groups is 1. The molecule has 2 aliphatic rings. The molecule has 14 heavy (non-hydrogen) atoms. The fourth-order valence-corrected chi connectivity index (χ4v) is 2.66. The minimum Gasteiger partial charge on any atom is -0.395 e. The zero-order valence-electron chi connectivity index (χ0n) is 8.65. The first-order valence-corrected chi connectivity index (χ1v) is 5.26. The molecule has 0 unspecified atom stereocenters. The normalized spacial score (nSPS) is 34.9. The fourth-order valence-electron chi connectivity index (χ4n) is 2.66. The number of β-amino-alcohol motifs (C(OH)–C–C–N with tert-alkyl or cyclic N) is 1. The monoisotopic (exact) mass is 198 g/mol. The van der Waals surface area contributed by atoms with Crippen LogP contribution in [0.25, 0.3) is 0 Å². The van der Waals surface area contributed by atoms with Crippen molar-refractivity contribution in [3.63, 3.8) is 0 Å². The Morgan fingerprint density at radius 3 is 2.36 bits per heavy atom. The van der Waals surface area contributed by atoms with Gasteiger partial charge in [0.25, 0.3) is 0 Å². The van der Waals surface area contributed by atoms with Crippen LogP contribution in [0, 0.1) is 11.8 Å². The number of aliphatic hydroxyl groups excluding tert-OH is 1. The number of rotatable bonds is 2. The van der Waals surface area contributed by atoms with Gasteiger partial charge >= 0.3 is 0 Å². The molecule has 0 spiro atoms. The van der Waals surface area contributed by atoms with Gasteiger partial charge in [-0.2, -0.15) is 0 Å². The lowest BCUT2D eigenvalue weighted by atomic mass is 9.83. The average Bonchev–Trinajstić information content (AvgIpc) is 2.09. The Balaban J connectivity index is 2.02. The maximum atomic E-state index is 11.8. The summed E-state index contributed by atoms with van der Waals surface area (Å²) in [6.07, 6.45) is 0. The van der Waals surface area contributed by atoms with Gasteiger partial charge in [-0.1, -0.05) is 0 Å². The van der Waals surface area contributed by atoms with Gasteiger partial charge in [0.1, 0.15) is 5.78 Å². The first-order chi connectivity index (χ1) is 6.70. The number of carbonyl (C=O) groups excluding carboxylic acids is 1. The van der Waals surface area contributed by atoms with E-state index >= 15 is 0 Å². The van der Waals surface area contributed by atoms with E-state index in [1.165, 1.54) is 0 Å². The Kier molecular flexibility index (Phi) is 2.85. The Morgan fingerprint density at radius 1 is 1.29 bits per heavy atom. The largest absolute Gasteiger partial charge is 0.395 e. The van der Waals surface area contributed by atoms with Crippen LogP contribution >= 0.6 is 0 Å². The van der Waals surface area contributed by atoms with Gasteiger partial charge in [-0.3, -0.25) is 9.69 Å². The Labute approximate surface area is 84.5 Å². The summed E-state index contributed by atoms with van der Waals surface area (Å²) in [5, 5.41) is 8.86. The molecule has 0 radical (unpaired) electrons. The van der Waals surface area contributed by atoms with E-state index in [-0.39, 0.29) is 18.4 Å². The van der Waals surface area contributed by atoms with E-state index in [1.807, 2.05) is 0 Å². The number of hydrogen-bond acceptors (Lipinski definition) is 4. The summed E-state index contributed by atoms with van der Waals surface area (Å²) < 4.78 is 0. The van der Waals surface area contributed by atoms with Crippen LogP contribution in [0.3, 0.4) is 0 Å². The van der Waals surface area contributed by atoms with Crippen molar-refractivity contribution < 1.29 is 9.90 Å². The van der Waals surface area contributed by atoms with Crippen LogP contribution in [0.15, 0.2) is 0 Å². The van der Waals surface area contributed by atoms with E-state index in [9.17, 15) is 4.79 Å². The molecule has 1 N–H and O–H groups in total. The molecule has 0 amide bonds. The van der Waals surface area contributed by atoms with Gasteiger partial charge in [0.2, 0.25) is 0 Å². The summed E-state index contributed by atoms with van der Waals surface area (Å²) in [7, 11) is 2.08. The third-order valence-electron chi connectivity index (χ3n) is 3.24. The van der Waals surface area contributed by atoms with Crippen molar-refractivity contribution in [2.45, 2.75) is 0 Å². The second kappa shape index (κ2) is 3.96. The topological polar surface area (TPSA) is 43.8 Å². The second-order valence-corrected chi connectivity index (χ2v) is 4.50. The second-order valence-electron chi connectivity index (χ2n) is 4.50. The molecule has 2 atom stereocenters. The molecule has 0 aliphatic carbocycles. The van der Waals surface area contributed by atoms with Crippen molar-refractivity contribution in [2.75, 3.05) is 46.4 Å². The third-order valence-corrected chi connectivity index (χ3v) is 3.24. The molecule has 0 aromatic heterocycles. The Morgan fingerprint density at radius 2 is 1.86 bits per heavy atom. The lowest BCUT2D eigenvalue weighted by Crippen LogP contribution is -2.57. The van der Waals surface area contributed by atoms with Gasteiger partial charge in [-0.05, 0) is 7.05 Å². The highest BCUT2D eigenvalue weighted by molar-refractivity contribution is 5.85. The number of likely N-dealkylation sites (tertiary alicyclic amines) is 2. The summed E-state index contributed by atoms with van der Waals surface area (Å²) in [6, 6.07) is 0. The first kappa shape index (κ1) is 10.1. The Hall–Kier alpha value is -0.450. The first-order valence-electron chi connectivity index (χ1n) is 5.26. The van der Waals surface area contributed by atoms with Crippen molar-refractivity contribution in [1.82, 2.24) is 9.80 Å². The number of ketones is 1. The average molecular weight is 198 g/mol. The van der Waals surface area contributed by atoms with E-state index < -0.39 is 0 Å². The fraction of sp³-hybridized carbons (Fsp3) is 0.900. The molecule has 0 aromatic carbocycles. The van der Waals surface area contributed by atoms with Gasteiger partial charge < -0.3 is 10.0 Å². The van der Waals surface area contributed by atoms with Crippen LogP contribution in [0.4, 0.5) is 0 Å². The van der Waals surface area contributed by atoms with Crippen LogP contribution in [0.5, 0.6) is 0 Å². The molecule has 0 saturated carbocycles. The maximum Gasteiger partial charge on any atom is 0.144 e. The van der Waals surface area contributed by atoms with Gasteiger partial charge in [-0.15, -0.1) is 0 Å². The van der Waals surface area contributed by atoms with E-state index in [0.29, 0.717) is 12.3 Å². The van der Waals surface area contributed by atoms with E-state index in [0.717, 1.165) is 26.2 Å². The quantitative estimate of drug-likeness (QED) is 0.621. The zero-order chi connectivity index (χ0) is 10.1. The van der Waals surface area contributed by atoms with E-state index in [4.69, 9.17) is 5.11 Å². The molecule has 2 aliphatic heterocycles. The number of fused-ring (bicyclic) bond motifs is 2. The van der Waals surface area contributed by atoms with Gasteiger partial charge in [0.15, 0.2) is 0 Å². The van der Waals surface area contributed by atoms with Crippen LogP contribution in [-0.4, -0.2) is 67.1 Å². The predicted molar refractivity (Wildman–Crippen MR) is 53.0 cm³/mol. The van der Waals surface area contributed by atoms with Crippen molar-refractivity contribution in [3.05, 3.63) is 0 Å². The van der Waals surface area contributed by atoms with Crippen LogP contribution < -0.4 is 0 Å². The standard InChI is InChI=1S/C10H18N2O2/c1-11-4-8-6-12(2-3-13)7-9(5-11)10(8)14/h8-9,13H,2-7H2,1H3/t8-,9-/m0/s1. The highest BCUT2D eigenvalue weighted by Gasteiger charge is 2.39. The molecule has 0 aromatic rings. The molecule has 2 saturated heterocycles. The van der Waals surface area contributed by atoms with Crippen molar-refractivity contribution in [2.24, 2.45) is 11.8 Å². The lowest BCUT2D eigenvalue weighted by molar-refractivity contribution is -0.137. The lowest BCUT2D eigenvalue weighted by Gasteiger charge is -2.43. The number of Topliss-reactive ketones (excluding diaryl/α,β-unsaturated/α-hetero) is 1. The summed E-state index contributed by atoms with van der Waals surface area (Å²) in [6.45, 7) is 4.35. The minimum atomic E-state index is 0.180. The predicted octanol–water partition coefficient (Wildman–Crippen LogP) is -0.959. The molecule has 2 bridgehead atoms. The number of hydrogen-bond donors (Lipinski definition) is 1. The zero-order valence-corrected chi connectivity index (χ0v) is 8.65. The number of nitrogens with zero attached hydrogens (tertiary/aromatic N) is 2. The van der Waals surface area contributed by atoms with Crippen molar-refractivity contribution in [3.8, 4) is 0 Å². The molecule has 80 valence electrons. The van der Waals surface area contributed by atoms with Gasteiger partial charge in [0.05, 0.1) is 6.61 Å². The smallest absolute Gasteiger partial charge is 0.144 e. The highest BCUT2D eigenvalue weighted by atomic mass is 16.3. The van der Waals surface area contributed by atoms with Crippen LogP contribution in [0.1, 0.15) is 0 Å². The van der Waals surface area contributed by atoms with Crippen molar-refractivity contribution >= 4 is 5.78 Å². The van der Waals surface area contributed by atoms with Crippen LogP contribution in [0.2, 0.25) is 0 Å². The summed E-state index contributed by atoms with van der Waals surface area (Å²) in [5.41, 5.74) is 0.